The van der Waals surface area contributed by atoms with Crippen LogP contribution in [-0.2, 0) is 9.59 Å². The van der Waals surface area contributed by atoms with E-state index in [4.69, 9.17) is 0 Å². The molecule has 4 nitrogen and oxygen atoms in total. The van der Waals surface area contributed by atoms with Crippen LogP contribution in [0.1, 0.15) is 55.1 Å². The lowest BCUT2D eigenvalue weighted by molar-refractivity contribution is -0.137. The van der Waals surface area contributed by atoms with Crippen LogP contribution in [0.2, 0.25) is 0 Å². The first kappa shape index (κ1) is 20.2. The van der Waals surface area contributed by atoms with Crippen molar-refractivity contribution in [3.63, 3.8) is 0 Å². The van der Waals surface area contributed by atoms with E-state index in [0.717, 1.165) is 36.8 Å². The first-order chi connectivity index (χ1) is 15.1. The number of nitrogens with zero attached hydrogens (tertiary/aromatic N) is 1. The Hall–Kier alpha value is -2.69. The van der Waals surface area contributed by atoms with Crippen molar-refractivity contribution in [3.05, 3.63) is 71.5 Å². The van der Waals surface area contributed by atoms with Gasteiger partial charge in [-0.05, 0) is 60.3 Å². The third-order valence-electron chi connectivity index (χ3n) is 7.62. The van der Waals surface area contributed by atoms with Crippen LogP contribution < -0.4 is 5.32 Å². The Bertz CT molecular complexity index is 947. The SMILES string of the molecule is O=C1CC2(CCN(C(=O)[C@@H](c3ccccc3)C3CC3)CC2)[C@H](c2ccc(F)cc2)CN1. The van der Waals surface area contributed by atoms with E-state index in [1.807, 2.05) is 35.2 Å². The lowest BCUT2D eigenvalue weighted by Gasteiger charge is -2.49. The highest BCUT2D eigenvalue weighted by Crippen LogP contribution is 2.50. The number of likely N-dealkylation sites (tertiary alicyclic amines) is 1. The largest absolute Gasteiger partial charge is 0.355 e. The van der Waals surface area contributed by atoms with E-state index in [1.54, 1.807) is 0 Å². The van der Waals surface area contributed by atoms with Gasteiger partial charge in [-0.25, -0.2) is 4.39 Å². The summed E-state index contributed by atoms with van der Waals surface area (Å²) >= 11 is 0. The van der Waals surface area contributed by atoms with E-state index in [1.165, 1.54) is 12.1 Å². The van der Waals surface area contributed by atoms with Gasteiger partial charge >= 0.3 is 0 Å². The Morgan fingerprint density at radius 1 is 1.03 bits per heavy atom. The normalized spacial score (nSPS) is 24.0. The molecule has 0 aromatic heterocycles. The van der Waals surface area contributed by atoms with Crippen LogP contribution in [0.5, 0.6) is 0 Å². The quantitative estimate of drug-likeness (QED) is 0.805. The molecule has 3 aliphatic rings. The van der Waals surface area contributed by atoms with Crippen LogP contribution in [0.15, 0.2) is 54.6 Å². The van der Waals surface area contributed by atoms with Crippen molar-refractivity contribution in [1.29, 1.82) is 0 Å². The Morgan fingerprint density at radius 3 is 2.35 bits per heavy atom. The van der Waals surface area contributed by atoms with Crippen LogP contribution in [0.4, 0.5) is 4.39 Å². The summed E-state index contributed by atoms with van der Waals surface area (Å²) in [5.74, 6) is 0.637. The molecule has 2 heterocycles. The van der Waals surface area contributed by atoms with Crippen LogP contribution in [0.3, 0.4) is 0 Å². The summed E-state index contributed by atoms with van der Waals surface area (Å²) in [6.07, 6.45) is 4.33. The molecule has 0 radical (unpaired) electrons. The van der Waals surface area contributed by atoms with E-state index in [9.17, 15) is 14.0 Å². The first-order valence-corrected chi connectivity index (χ1v) is 11.4. The number of halogens is 1. The predicted molar refractivity (Wildman–Crippen MR) is 117 cm³/mol. The standard InChI is InChI=1S/C26H29FN2O2/c27-21-10-8-18(9-11-21)22-17-28-23(30)16-26(22)12-14-29(15-13-26)25(31)24(20-6-7-20)19-4-2-1-3-5-19/h1-5,8-11,20,22,24H,6-7,12-17H2,(H,28,30)/t22-,24-/m0/s1. The summed E-state index contributed by atoms with van der Waals surface area (Å²) in [4.78, 5) is 27.9. The highest BCUT2D eigenvalue weighted by molar-refractivity contribution is 5.85. The molecule has 1 aliphatic carbocycles. The number of benzene rings is 2. The molecule has 5 rings (SSSR count). The maximum Gasteiger partial charge on any atom is 0.230 e. The van der Waals surface area contributed by atoms with Gasteiger partial charge in [0.1, 0.15) is 5.82 Å². The summed E-state index contributed by atoms with van der Waals surface area (Å²) in [7, 11) is 0. The van der Waals surface area contributed by atoms with Crippen LogP contribution in [0.25, 0.3) is 0 Å². The van der Waals surface area contributed by atoms with Crippen LogP contribution >= 0.6 is 0 Å². The molecule has 2 aromatic carbocycles. The van der Waals surface area contributed by atoms with E-state index >= 15 is 0 Å². The molecule has 1 saturated carbocycles. The van der Waals surface area contributed by atoms with Crippen molar-refractivity contribution in [2.75, 3.05) is 19.6 Å². The van der Waals surface area contributed by atoms with Gasteiger partial charge in [-0.3, -0.25) is 9.59 Å². The summed E-state index contributed by atoms with van der Waals surface area (Å²) < 4.78 is 13.5. The van der Waals surface area contributed by atoms with Gasteiger partial charge in [-0.2, -0.15) is 0 Å². The smallest absolute Gasteiger partial charge is 0.230 e. The zero-order valence-electron chi connectivity index (χ0n) is 17.7. The molecule has 0 bridgehead atoms. The molecule has 2 aromatic rings. The van der Waals surface area contributed by atoms with E-state index in [-0.39, 0.29) is 34.9 Å². The molecule has 2 saturated heterocycles. The molecule has 1 N–H and O–H groups in total. The first-order valence-electron chi connectivity index (χ1n) is 11.4. The van der Waals surface area contributed by atoms with Crippen LogP contribution in [-0.4, -0.2) is 36.3 Å². The zero-order valence-corrected chi connectivity index (χ0v) is 17.7. The molecular weight excluding hydrogens is 391 g/mol. The monoisotopic (exact) mass is 420 g/mol. The van der Waals surface area contributed by atoms with E-state index in [0.29, 0.717) is 32.0 Å². The molecule has 31 heavy (non-hydrogen) atoms. The fourth-order valence-corrected chi connectivity index (χ4v) is 5.71. The van der Waals surface area contributed by atoms with Gasteiger partial charge in [-0.15, -0.1) is 0 Å². The predicted octanol–water partition coefficient (Wildman–Crippen LogP) is 4.23. The van der Waals surface area contributed by atoms with Gasteiger partial charge in [0.25, 0.3) is 0 Å². The van der Waals surface area contributed by atoms with Gasteiger partial charge in [-0.1, -0.05) is 42.5 Å². The van der Waals surface area contributed by atoms with Gasteiger partial charge in [0.2, 0.25) is 11.8 Å². The Morgan fingerprint density at radius 2 is 1.71 bits per heavy atom. The van der Waals surface area contributed by atoms with Gasteiger partial charge in [0, 0.05) is 32.0 Å². The maximum absolute atomic E-state index is 13.5. The average molecular weight is 421 g/mol. The average Bonchev–Trinajstić information content (AvgIpc) is 3.61. The lowest BCUT2D eigenvalue weighted by Crippen LogP contribution is -2.53. The fraction of sp³-hybridized carbons (Fsp3) is 0.462. The summed E-state index contributed by atoms with van der Waals surface area (Å²) in [5, 5.41) is 3.00. The second kappa shape index (κ2) is 8.10. The number of amides is 2. The minimum absolute atomic E-state index is 0.0437. The topological polar surface area (TPSA) is 49.4 Å². The molecule has 3 fully saturated rings. The molecule has 5 heteroatoms. The number of hydrogen-bond donors (Lipinski definition) is 1. The summed E-state index contributed by atoms with van der Waals surface area (Å²) in [5.41, 5.74) is 2.02. The molecule has 2 amide bonds. The molecule has 0 unspecified atom stereocenters. The number of rotatable bonds is 4. The van der Waals surface area contributed by atoms with Gasteiger partial charge in [0.05, 0.1) is 5.92 Å². The number of hydrogen-bond acceptors (Lipinski definition) is 2. The highest BCUT2D eigenvalue weighted by Gasteiger charge is 2.48. The Kier molecular flexibility index (Phi) is 5.28. The fourth-order valence-electron chi connectivity index (χ4n) is 5.71. The van der Waals surface area contributed by atoms with Crippen LogP contribution in [0, 0.1) is 17.2 Å². The van der Waals surface area contributed by atoms with Crippen molar-refractivity contribution >= 4 is 11.8 Å². The molecule has 1 spiro atoms. The van der Waals surface area contributed by atoms with Crippen molar-refractivity contribution in [2.24, 2.45) is 11.3 Å². The zero-order chi connectivity index (χ0) is 21.4. The molecular formula is C26H29FN2O2. The minimum Gasteiger partial charge on any atom is -0.355 e. The number of nitrogens with one attached hydrogen (secondary N) is 1. The lowest BCUT2D eigenvalue weighted by atomic mass is 9.62. The van der Waals surface area contributed by atoms with Crippen molar-refractivity contribution in [3.8, 4) is 0 Å². The summed E-state index contributed by atoms with van der Waals surface area (Å²) in [6, 6.07) is 16.8. The number of carbonyl (C=O) groups excluding carboxylic acids is 2. The maximum atomic E-state index is 13.5. The number of piperidine rings is 2. The second-order valence-corrected chi connectivity index (χ2v) is 9.50. The van der Waals surface area contributed by atoms with Crippen molar-refractivity contribution < 1.29 is 14.0 Å². The van der Waals surface area contributed by atoms with Crippen molar-refractivity contribution in [1.82, 2.24) is 10.2 Å². The Labute approximate surface area is 182 Å². The minimum atomic E-state index is -0.245. The highest BCUT2D eigenvalue weighted by atomic mass is 19.1. The molecule has 2 aliphatic heterocycles. The van der Waals surface area contributed by atoms with Crippen molar-refractivity contribution in [2.45, 2.75) is 43.9 Å². The number of carbonyl (C=O) groups is 2. The Balaban J connectivity index is 1.34. The van der Waals surface area contributed by atoms with E-state index in [2.05, 4.69) is 17.4 Å². The van der Waals surface area contributed by atoms with Gasteiger partial charge in [0.15, 0.2) is 0 Å². The second-order valence-electron chi connectivity index (χ2n) is 9.50. The molecule has 162 valence electrons. The third kappa shape index (κ3) is 3.98. The van der Waals surface area contributed by atoms with Gasteiger partial charge < -0.3 is 10.2 Å². The summed E-state index contributed by atoms with van der Waals surface area (Å²) in [6.45, 7) is 1.94. The molecule has 2 atom stereocenters. The van der Waals surface area contributed by atoms with E-state index < -0.39 is 0 Å². The third-order valence-corrected chi connectivity index (χ3v) is 7.62.